The second-order valence-corrected chi connectivity index (χ2v) is 3.10. The summed E-state index contributed by atoms with van der Waals surface area (Å²) in [6.07, 6.45) is 2.00. The van der Waals surface area contributed by atoms with Crippen molar-refractivity contribution in [1.29, 1.82) is 0 Å². The molecule has 0 saturated heterocycles. The topological polar surface area (TPSA) is 30.2 Å². The van der Waals surface area contributed by atoms with E-state index in [9.17, 15) is 0 Å². The molecule has 62 valence electrons. The summed E-state index contributed by atoms with van der Waals surface area (Å²) in [7, 11) is 0. The van der Waals surface area contributed by atoms with Gasteiger partial charge in [-0.05, 0) is 38.0 Å². The van der Waals surface area contributed by atoms with Gasteiger partial charge < -0.3 is 0 Å². The summed E-state index contributed by atoms with van der Waals surface area (Å²) in [4.78, 5) is 4.27. The molecule has 0 atom stereocenters. The molecule has 0 spiro atoms. The quantitative estimate of drug-likeness (QED) is 0.588. The summed E-state index contributed by atoms with van der Waals surface area (Å²) in [5, 5.41) is 4.22. The Morgan fingerprint density at radius 2 is 1.92 bits per heavy atom. The van der Waals surface area contributed by atoms with Crippen LogP contribution in [0.15, 0.2) is 12.3 Å². The zero-order chi connectivity index (χ0) is 8.72. The van der Waals surface area contributed by atoms with E-state index in [-0.39, 0.29) is 0 Å². The first kappa shape index (κ1) is 7.28. The third-order valence-corrected chi connectivity index (χ3v) is 2.05. The number of aromatic nitrogens is 3. The standard InChI is InChI=1S/C9H11N3/c1-6-4-9-10-8(3)11-12(9)5-7(6)2/h4-5H,1-3H3. The lowest BCUT2D eigenvalue weighted by atomic mass is 10.2. The van der Waals surface area contributed by atoms with Crippen molar-refractivity contribution in [2.24, 2.45) is 0 Å². The molecule has 0 aromatic carbocycles. The molecule has 0 aliphatic heterocycles. The van der Waals surface area contributed by atoms with E-state index in [1.807, 2.05) is 17.6 Å². The molecule has 2 aromatic rings. The highest BCUT2D eigenvalue weighted by atomic mass is 15.3. The number of pyridine rings is 1. The first-order valence-electron chi connectivity index (χ1n) is 3.97. The summed E-state index contributed by atoms with van der Waals surface area (Å²) >= 11 is 0. The van der Waals surface area contributed by atoms with Crippen LogP contribution in [0, 0.1) is 20.8 Å². The van der Waals surface area contributed by atoms with E-state index in [2.05, 4.69) is 30.0 Å². The number of rotatable bonds is 0. The van der Waals surface area contributed by atoms with Crippen LogP contribution in [-0.4, -0.2) is 14.6 Å². The maximum absolute atomic E-state index is 4.27. The highest BCUT2D eigenvalue weighted by Gasteiger charge is 2.00. The molecule has 0 saturated carbocycles. The van der Waals surface area contributed by atoms with Gasteiger partial charge in [0.2, 0.25) is 0 Å². The Morgan fingerprint density at radius 1 is 1.17 bits per heavy atom. The summed E-state index contributed by atoms with van der Waals surface area (Å²) in [5.74, 6) is 0.819. The summed E-state index contributed by atoms with van der Waals surface area (Å²) in [5.41, 5.74) is 3.43. The number of hydrogen-bond donors (Lipinski definition) is 0. The fraction of sp³-hybridized carbons (Fsp3) is 0.333. The molecule has 0 fully saturated rings. The van der Waals surface area contributed by atoms with Crippen LogP contribution in [0.2, 0.25) is 0 Å². The SMILES string of the molecule is Cc1nc2cc(C)c(C)cn2n1. The highest BCUT2D eigenvalue weighted by molar-refractivity contribution is 5.42. The van der Waals surface area contributed by atoms with Crippen LogP contribution in [0.4, 0.5) is 0 Å². The smallest absolute Gasteiger partial charge is 0.155 e. The molecule has 2 aromatic heterocycles. The van der Waals surface area contributed by atoms with E-state index < -0.39 is 0 Å². The molecule has 3 nitrogen and oxygen atoms in total. The minimum absolute atomic E-state index is 0.819. The van der Waals surface area contributed by atoms with Crippen LogP contribution in [0.3, 0.4) is 0 Å². The molecule has 0 aliphatic rings. The van der Waals surface area contributed by atoms with Gasteiger partial charge >= 0.3 is 0 Å². The Bertz CT molecular complexity index is 390. The first-order chi connectivity index (χ1) is 5.66. The average Bonchev–Trinajstić information content (AvgIpc) is 2.30. The third kappa shape index (κ3) is 0.978. The van der Waals surface area contributed by atoms with E-state index in [0.29, 0.717) is 0 Å². The van der Waals surface area contributed by atoms with E-state index in [1.165, 1.54) is 11.1 Å². The van der Waals surface area contributed by atoms with Crippen LogP contribution >= 0.6 is 0 Å². The molecule has 0 bridgehead atoms. The van der Waals surface area contributed by atoms with Gasteiger partial charge in [-0.25, -0.2) is 9.50 Å². The zero-order valence-corrected chi connectivity index (χ0v) is 7.50. The monoisotopic (exact) mass is 161 g/mol. The van der Waals surface area contributed by atoms with Crippen LogP contribution in [0.25, 0.3) is 5.65 Å². The van der Waals surface area contributed by atoms with Gasteiger partial charge in [-0.15, -0.1) is 0 Å². The largest absolute Gasteiger partial charge is 0.221 e. The molecule has 0 aliphatic carbocycles. The Morgan fingerprint density at radius 3 is 2.67 bits per heavy atom. The Hall–Kier alpha value is -1.38. The van der Waals surface area contributed by atoms with Gasteiger partial charge in [0, 0.05) is 6.20 Å². The predicted molar refractivity (Wildman–Crippen MR) is 47.2 cm³/mol. The van der Waals surface area contributed by atoms with E-state index >= 15 is 0 Å². The number of nitrogens with zero attached hydrogens (tertiary/aromatic N) is 3. The van der Waals surface area contributed by atoms with Gasteiger partial charge in [0.1, 0.15) is 5.82 Å². The van der Waals surface area contributed by atoms with E-state index in [4.69, 9.17) is 0 Å². The fourth-order valence-corrected chi connectivity index (χ4v) is 1.23. The van der Waals surface area contributed by atoms with Gasteiger partial charge in [-0.1, -0.05) is 0 Å². The molecule has 0 radical (unpaired) electrons. The Balaban J connectivity index is 2.83. The molecule has 0 unspecified atom stereocenters. The van der Waals surface area contributed by atoms with Crippen molar-refractivity contribution in [2.45, 2.75) is 20.8 Å². The van der Waals surface area contributed by atoms with Gasteiger partial charge in [0.15, 0.2) is 5.65 Å². The number of fused-ring (bicyclic) bond motifs is 1. The summed E-state index contributed by atoms with van der Waals surface area (Å²) in [6, 6.07) is 2.05. The van der Waals surface area contributed by atoms with Crippen molar-refractivity contribution in [3.8, 4) is 0 Å². The van der Waals surface area contributed by atoms with Crippen molar-refractivity contribution in [3.05, 3.63) is 29.2 Å². The second-order valence-electron chi connectivity index (χ2n) is 3.10. The lowest BCUT2D eigenvalue weighted by Gasteiger charge is -1.98. The molecule has 12 heavy (non-hydrogen) atoms. The summed E-state index contributed by atoms with van der Waals surface area (Å²) < 4.78 is 1.82. The lowest BCUT2D eigenvalue weighted by molar-refractivity contribution is 0.920. The zero-order valence-electron chi connectivity index (χ0n) is 7.50. The van der Waals surface area contributed by atoms with E-state index in [1.54, 1.807) is 0 Å². The lowest BCUT2D eigenvalue weighted by Crippen LogP contribution is -1.90. The van der Waals surface area contributed by atoms with Crippen LogP contribution in [0.5, 0.6) is 0 Å². The van der Waals surface area contributed by atoms with Crippen LogP contribution in [-0.2, 0) is 0 Å². The highest BCUT2D eigenvalue weighted by Crippen LogP contribution is 2.09. The molecule has 0 N–H and O–H groups in total. The Kier molecular flexibility index (Phi) is 1.40. The molecular weight excluding hydrogens is 150 g/mol. The first-order valence-corrected chi connectivity index (χ1v) is 3.97. The van der Waals surface area contributed by atoms with E-state index in [0.717, 1.165) is 11.5 Å². The minimum atomic E-state index is 0.819. The van der Waals surface area contributed by atoms with Gasteiger partial charge in [0.25, 0.3) is 0 Å². The van der Waals surface area contributed by atoms with Gasteiger partial charge in [0.05, 0.1) is 0 Å². The Labute approximate surface area is 71.1 Å². The minimum Gasteiger partial charge on any atom is -0.221 e. The molecule has 2 heterocycles. The number of hydrogen-bond acceptors (Lipinski definition) is 2. The molecule has 0 amide bonds. The normalized spacial score (nSPS) is 10.9. The van der Waals surface area contributed by atoms with Crippen LogP contribution < -0.4 is 0 Å². The van der Waals surface area contributed by atoms with Crippen molar-refractivity contribution in [1.82, 2.24) is 14.6 Å². The maximum atomic E-state index is 4.27. The van der Waals surface area contributed by atoms with Crippen molar-refractivity contribution in [3.63, 3.8) is 0 Å². The second kappa shape index (κ2) is 2.30. The third-order valence-electron chi connectivity index (χ3n) is 2.05. The van der Waals surface area contributed by atoms with Crippen molar-refractivity contribution in [2.75, 3.05) is 0 Å². The molecule has 2 rings (SSSR count). The van der Waals surface area contributed by atoms with Gasteiger partial charge in [-0.2, -0.15) is 5.10 Å². The van der Waals surface area contributed by atoms with Crippen LogP contribution in [0.1, 0.15) is 17.0 Å². The molecular formula is C9H11N3. The average molecular weight is 161 g/mol. The van der Waals surface area contributed by atoms with Gasteiger partial charge in [-0.3, -0.25) is 0 Å². The predicted octanol–water partition coefficient (Wildman–Crippen LogP) is 1.65. The number of aryl methyl sites for hydroxylation is 3. The molecule has 3 heteroatoms. The van der Waals surface area contributed by atoms with Crippen molar-refractivity contribution >= 4 is 5.65 Å². The summed E-state index contributed by atoms with van der Waals surface area (Å²) in [6.45, 7) is 6.06. The maximum Gasteiger partial charge on any atom is 0.155 e. The van der Waals surface area contributed by atoms with Crippen molar-refractivity contribution < 1.29 is 0 Å². The fourth-order valence-electron chi connectivity index (χ4n) is 1.23.